The van der Waals surface area contributed by atoms with Crippen LogP contribution in [0.3, 0.4) is 0 Å². The van der Waals surface area contributed by atoms with Gasteiger partial charge >= 0.3 is 0 Å². The first-order valence-corrected chi connectivity index (χ1v) is 12.1. The molecule has 2 N–H and O–H groups in total. The molecule has 0 atom stereocenters. The second-order valence-electron chi connectivity index (χ2n) is 7.32. The van der Waals surface area contributed by atoms with Gasteiger partial charge < -0.3 is 5.32 Å². The first-order chi connectivity index (χ1) is 15.8. The molecule has 0 fully saturated rings. The lowest BCUT2D eigenvalue weighted by Gasteiger charge is -2.15. The lowest BCUT2D eigenvalue weighted by Crippen LogP contribution is -2.18. The van der Waals surface area contributed by atoms with E-state index in [4.69, 9.17) is 11.6 Å². The molecule has 0 bridgehead atoms. The Hall–Kier alpha value is -3.43. The molecule has 0 aliphatic carbocycles. The summed E-state index contributed by atoms with van der Waals surface area (Å²) < 4.78 is 42.6. The van der Waals surface area contributed by atoms with Gasteiger partial charge in [0.1, 0.15) is 12.1 Å². The van der Waals surface area contributed by atoms with E-state index in [1.165, 1.54) is 17.0 Å². The maximum absolute atomic E-state index is 14.6. The summed E-state index contributed by atoms with van der Waals surface area (Å²) in [5.74, 6) is -0.763. The molecule has 0 aliphatic rings. The topological polar surface area (TPSA) is 93.1 Å². The molecular formula is C23H20ClFN4O3S. The summed E-state index contributed by atoms with van der Waals surface area (Å²) >= 11 is 6.32. The zero-order chi connectivity index (χ0) is 23.6. The van der Waals surface area contributed by atoms with Crippen molar-refractivity contribution in [2.24, 2.45) is 0 Å². The number of nitrogens with zero attached hydrogens (tertiary/aromatic N) is 2. The Morgan fingerprint density at radius 3 is 2.58 bits per heavy atom. The third-order valence-electron chi connectivity index (χ3n) is 4.89. The van der Waals surface area contributed by atoms with Crippen molar-refractivity contribution >= 4 is 49.6 Å². The van der Waals surface area contributed by atoms with E-state index in [1.807, 2.05) is 18.2 Å². The van der Waals surface area contributed by atoms with Gasteiger partial charge in [-0.15, -0.1) is 0 Å². The highest BCUT2D eigenvalue weighted by molar-refractivity contribution is 7.92. The molecule has 0 radical (unpaired) electrons. The summed E-state index contributed by atoms with van der Waals surface area (Å²) in [5.41, 5.74) is 1.19. The third kappa shape index (κ3) is 4.84. The molecule has 0 spiro atoms. The molecule has 4 rings (SSSR count). The lowest BCUT2D eigenvalue weighted by molar-refractivity contribution is 0.599. The van der Waals surface area contributed by atoms with Crippen molar-refractivity contribution in [1.29, 1.82) is 0 Å². The number of fused-ring (bicyclic) bond motifs is 1. The van der Waals surface area contributed by atoms with Crippen LogP contribution in [0.25, 0.3) is 16.6 Å². The van der Waals surface area contributed by atoms with Crippen LogP contribution in [0.5, 0.6) is 0 Å². The Bertz CT molecular complexity index is 1490. The van der Waals surface area contributed by atoms with Crippen LogP contribution in [-0.4, -0.2) is 23.7 Å². The second-order valence-corrected chi connectivity index (χ2v) is 9.54. The Labute approximate surface area is 194 Å². The van der Waals surface area contributed by atoms with Gasteiger partial charge in [-0.1, -0.05) is 36.7 Å². The molecule has 0 amide bonds. The Kier molecular flexibility index (Phi) is 6.35. The van der Waals surface area contributed by atoms with E-state index in [9.17, 15) is 17.6 Å². The molecule has 3 aromatic carbocycles. The van der Waals surface area contributed by atoms with E-state index in [0.29, 0.717) is 28.7 Å². The number of benzene rings is 3. The normalized spacial score (nSPS) is 11.5. The number of nitrogens with one attached hydrogen (secondary N) is 2. The molecule has 1 heterocycles. The number of halogens is 2. The fourth-order valence-corrected chi connectivity index (χ4v) is 4.80. The van der Waals surface area contributed by atoms with Crippen LogP contribution >= 0.6 is 11.6 Å². The van der Waals surface area contributed by atoms with Crippen molar-refractivity contribution in [2.45, 2.75) is 13.3 Å². The minimum atomic E-state index is -3.61. The van der Waals surface area contributed by atoms with Crippen LogP contribution in [0.1, 0.15) is 13.3 Å². The van der Waals surface area contributed by atoms with Crippen LogP contribution in [-0.2, 0) is 10.0 Å². The van der Waals surface area contributed by atoms with E-state index >= 15 is 0 Å². The number of aromatic nitrogens is 2. The highest BCUT2D eigenvalue weighted by atomic mass is 35.5. The van der Waals surface area contributed by atoms with Crippen molar-refractivity contribution in [3.63, 3.8) is 0 Å². The Morgan fingerprint density at radius 1 is 1.09 bits per heavy atom. The largest absolute Gasteiger partial charge is 0.352 e. The van der Waals surface area contributed by atoms with Crippen molar-refractivity contribution in [1.82, 2.24) is 9.55 Å². The number of anilines is 3. The van der Waals surface area contributed by atoms with Gasteiger partial charge in [-0.3, -0.25) is 14.1 Å². The van der Waals surface area contributed by atoms with E-state index in [1.54, 1.807) is 37.3 Å². The second kappa shape index (κ2) is 9.21. The number of rotatable bonds is 7. The van der Waals surface area contributed by atoms with Gasteiger partial charge in [0.15, 0.2) is 0 Å². The molecule has 170 valence electrons. The number of hydrogen-bond donors (Lipinski definition) is 2. The summed E-state index contributed by atoms with van der Waals surface area (Å²) in [7, 11) is -3.61. The number of para-hydroxylation sites is 1. The van der Waals surface area contributed by atoms with E-state index in [2.05, 4.69) is 15.0 Å². The van der Waals surface area contributed by atoms with Crippen molar-refractivity contribution in [2.75, 3.05) is 15.8 Å². The molecule has 33 heavy (non-hydrogen) atoms. The van der Waals surface area contributed by atoms with E-state index < -0.39 is 15.8 Å². The maximum Gasteiger partial charge on any atom is 0.265 e. The van der Waals surface area contributed by atoms with Gasteiger partial charge in [0.25, 0.3) is 5.56 Å². The van der Waals surface area contributed by atoms with Crippen LogP contribution in [0.15, 0.2) is 71.8 Å². The average molecular weight is 487 g/mol. The van der Waals surface area contributed by atoms with Crippen LogP contribution < -0.4 is 15.6 Å². The zero-order valence-electron chi connectivity index (χ0n) is 17.5. The minimum Gasteiger partial charge on any atom is -0.352 e. The summed E-state index contributed by atoms with van der Waals surface area (Å²) in [4.78, 5) is 17.4. The van der Waals surface area contributed by atoms with Gasteiger partial charge in [0, 0.05) is 5.69 Å². The monoisotopic (exact) mass is 486 g/mol. The lowest BCUT2D eigenvalue weighted by atomic mass is 10.2. The van der Waals surface area contributed by atoms with E-state index in [-0.39, 0.29) is 27.7 Å². The molecule has 4 aromatic rings. The van der Waals surface area contributed by atoms with Gasteiger partial charge in [-0.05, 0) is 48.9 Å². The molecule has 0 aliphatic heterocycles. The van der Waals surface area contributed by atoms with Crippen molar-refractivity contribution < 1.29 is 12.8 Å². The van der Waals surface area contributed by atoms with Crippen LogP contribution in [0.2, 0.25) is 5.02 Å². The molecule has 0 saturated carbocycles. The SMILES string of the molecule is CCCS(=O)(=O)Nc1ccc(F)c(Nc2ccc3ncn(-c4ccccc4)c(=O)c3c2)c1Cl. The quantitative estimate of drug-likeness (QED) is 0.380. The van der Waals surface area contributed by atoms with Gasteiger partial charge in [0.05, 0.1) is 38.7 Å². The zero-order valence-corrected chi connectivity index (χ0v) is 19.1. The Balaban J connectivity index is 1.73. The van der Waals surface area contributed by atoms with Gasteiger partial charge in [0.2, 0.25) is 10.0 Å². The third-order valence-corrected chi connectivity index (χ3v) is 6.76. The molecule has 1 aromatic heterocycles. The maximum atomic E-state index is 14.6. The minimum absolute atomic E-state index is 0.0582. The first kappa shape index (κ1) is 22.8. The smallest absolute Gasteiger partial charge is 0.265 e. The number of sulfonamides is 1. The highest BCUT2D eigenvalue weighted by Gasteiger charge is 2.17. The summed E-state index contributed by atoms with van der Waals surface area (Å²) in [5, 5.41) is 3.06. The van der Waals surface area contributed by atoms with Gasteiger partial charge in [-0.2, -0.15) is 0 Å². The molecule has 10 heteroatoms. The van der Waals surface area contributed by atoms with Crippen molar-refractivity contribution in [3.8, 4) is 5.69 Å². The summed E-state index contributed by atoms with van der Waals surface area (Å²) in [6.45, 7) is 1.73. The van der Waals surface area contributed by atoms with Gasteiger partial charge in [-0.25, -0.2) is 17.8 Å². The predicted molar refractivity (Wildman–Crippen MR) is 130 cm³/mol. The Morgan fingerprint density at radius 2 is 1.85 bits per heavy atom. The molecule has 0 unspecified atom stereocenters. The number of hydrogen-bond acceptors (Lipinski definition) is 5. The molecular weight excluding hydrogens is 467 g/mol. The van der Waals surface area contributed by atoms with Crippen LogP contribution in [0.4, 0.5) is 21.5 Å². The summed E-state index contributed by atoms with van der Waals surface area (Å²) in [6.07, 6.45) is 1.88. The first-order valence-electron chi connectivity index (χ1n) is 10.1. The average Bonchev–Trinajstić information content (AvgIpc) is 2.79. The fraction of sp³-hybridized carbons (Fsp3) is 0.130. The van der Waals surface area contributed by atoms with E-state index in [0.717, 1.165) is 6.07 Å². The fourth-order valence-electron chi connectivity index (χ4n) is 3.35. The molecule has 0 saturated heterocycles. The predicted octanol–water partition coefficient (Wildman–Crippen LogP) is 5.07. The highest BCUT2D eigenvalue weighted by Crippen LogP contribution is 2.35. The van der Waals surface area contributed by atoms with Crippen LogP contribution in [0, 0.1) is 5.82 Å². The van der Waals surface area contributed by atoms with Crippen molar-refractivity contribution in [3.05, 3.63) is 88.2 Å². The molecule has 7 nitrogen and oxygen atoms in total. The summed E-state index contributed by atoms with van der Waals surface area (Å²) in [6, 6.07) is 16.2. The standard InChI is InChI=1S/C23H20ClFN4O3S/c1-2-12-33(31,32)28-20-11-9-18(25)22(21(20)24)27-15-8-10-19-17(13-15)23(30)29(14-26-19)16-6-4-3-5-7-16/h3-11,13-14,27-28H,2,12H2,1H3.